The first kappa shape index (κ1) is 27.1. The largest absolute Gasteiger partial charge is 0.490 e. The number of amides is 2. The van der Waals surface area contributed by atoms with E-state index in [1.54, 1.807) is 13.0 Å². The maximum atomic E-state index is 12.0. The number of carbonyl (C=O) groups is 3. The number of aryl methyl sites for hydroxylation is 1. The molecular formula is C21H28F3N3O5. The molecule has 0 aromatic heterocycles. The van der Waals surface area contributed by atoms with E-state index in [0.717, 1.165) is 12.8 Å². The van der Waals surface area contributed by atoms with Gasteiger partial charge in [-0.15, -0.1) is 0 Å². The zero-order valence-electron chi connectivity index (χ0n) is 17.6. The van der Waals surface area contributed by atoms with Crippen LogP contribution in [0.3, 0.4) is 0 Å². The molecule has 178 valence electrons. The molecule has 1 aromatic rings. The molecule has 1 saturated heterocycles. The Labute approximate surface area is 184 Å². The lowest BCUT2D eigenvalue weighted by atomic mass is 10.0. The maximum absolute atomic E-state index is 12.0. The summed E-state index contributed by atoms with van der Waals surface area (Å²) in [5, 5.41) is 12.9. The van der Waals surface area contributed by atoms with Gasteiger partial charge in [-0.05, 0) is 31.7 Å². The zero-order chi connectivity index (χ0) is 24.1. The molecule has 3 atom stereocenters. The van der Waals surface area contributed by atoms with Crippen LogP contribution in [-0.2, 0) is 25.5 Å². The minimum absolute atomic E-state index is 0.0681. The summed E-state index contributed by atoms with van der Waals surface area (Å²) < 4.78 is 37.0. The van der Waals surface area contributed by atoms with E-state index < -0.39 is 18.2 Å². The van der Waals surface area contributed by atoms with Crippen molar-refractivity contribution in [3.05, 3.63) is 48.0 Å². The minimum atomic E-state index is -5.08. The van der Waals surface area contributed by atoms with Gasteiger partial charge < -0.3 is 26.2 Å². The van der Waals surface area contributed by atoms with Gasteiger partial charge >= 0.3 is 12.1 Å². The normalized spacial score (nSPS) is 17.7. The van der Waals surface area contributed by atoms with Crippen LogP contribution >= 0.6 is 0 Å². The van der Waals surface area contributed by atoms with Crippen LogP contribution in [-0.4, -0.2) is 60.4 Å². The van der Waals surface area contributed by atoms with E-state index in [-0.39, 0.29) is 23.9 Å². The highest BCUT2D eigenvalue weighted by Crippen LogP contribution is 2.13. The van der Waals surface area contributed by atoms with Gasteiger partial charge in [0.25, 0.3) is 0 Å². The second kappa shape index (κ2) is 13.5. The van der Waals surface area contributed by atoms with Gasteiger partial charge in [0.1, 0.15) is 0 Å². The number of rotatable bonds is 8. The molecule has 1 aliphatic heterocycles. The van der Waals surface area contributed by atoms with Gasteiger partial charge in [-0.2, -0.15) is 13.2 Å². The Bertz CT molecular complexity index is 764. The monoisotopic (exact) mass is 459 g/mol. The number of carboxylic acids is 1. The lowest BCUT2D eigenvalue weighted by Gasteiger charge is -2.17. The van der Waals surface area contributed by atoms with Crippen LogP contribution in [0.5, 0.6) is 0 Å². The lowest BCUT2D eigenvalue weighted by Crippen LogP contribution is -2.43. The van der Waals surface area contributed by atoms with Gasteiger partial charge in [-0.1, -0.05) is 36.4 Å². The maximum Gasteiger partial charge on any atom is 0.490 e. The van der Waals surface area contributed by atoms with E-state index in [1.807, 2.05) is 30.3 Å². The number of hydrogen-bond donors (Lipinski definition) is 4. The second-order valence-electron chi connectivity index (χ2n) is 7.16. The average Bonchev–Trinajstić information content (AvgIpc) is 3.23. The predicted molar refractivity (Wildman–Crippen MR) is 111 cm³/mol. The highest BCUT2D eigenvalue weighted by Gasteiger charge is 2.38. The highest BCUT2D eigenvalue weighted by atomic mass is 19.4. The Morgan fingerprint density at radius 2 is 1.91 bits per heavy atom. The van der Waals surface area contributed by atoms with E-state index in [9.17, 15) is 22.8 Å². The second-order valence-corrected chi connectivity index (χ2v) is 7.16. The van der Waals surface area contributed by atoms with Crippen LogP contribution in [0, 0.1) is 0 Å². The quantitative estimate of drug-likeness (QED) is 0.437. The average molecular weight is 459 g/mol. The summed E-state index contributed by atoms with van der Waals surface area (Å²) >= 11 is 0. The molecule has 0 bridgehead atoms. The number of ether oxygens (including phenoxy) is 1. The van der Waals surface area contributed by atoms with Gasteiger partial charge in [0.2, 0.25) is 11.8 Å². The van der Waals surface area contributed by atoms with Crippen molar-refractivity contribution in [2.24, 2.45) is 5.73 Å². The first-order valence-corrected chi connectivity index (χ1v) is 9.95. The molecular weight excluding hydrogens is 431 g/mol. The SMILES string of the molecule is C[C@H](N)C(=O)N[C@H](C=CC(=O)NC1CCOC1)CCc1ccccc1.O=C(O)C(F)(F)F. The molecule has 8 nitrogen and oxygen atoms in total. The summed E-state index contributed by atoms with van der Waals surface area (Å²) in [5.41, 5.74) is 6.81. The van der Waals surface area contributed by atoms with Crippen LogP contribution in [0.4, 0.5) is 13.2 Å². The summed E-state index contributed by atoms with van der Waals surface area (Å²) in [6.45, 7) is 2.87. The van der Waals surface area contributed by atoms with Crippen LogP contribution < -0.4 is 16.4 Å². The molecule has 1 aliphatic rings. The van der Waals surface area contributed by atoms with Crippen molar-refractivity contribution in [2.45, 2.75) is 50.5 Å². The molecule has 2 rings (SSSR count). The molecule has 1 unspecified atom stereocenters. The Morgan fingerprint density at radius 1 is 1.28 bits per heavy atom. The number of aliphatic carboxylic acids is 1. The van der Waals surface area contributed by atoms with Crippen LogP contribution in [0.25, 0.3) is 0 Å². The zero-order valence-corrected chi connectivity index (χ0v) is 17.6. The molecule has 1 fully saturated rings. The van der Waals surface area contributed by atoms with Crippen molar-refractivity contribution >= 4 is 17.8 Å². The number of carbonyl (C=O) groups excluding carboxylic acids is 2. The third-order valence-corrected chi connectivity index (χ3v) is 4.33. The molecule has 1 heterocycles. The summed E-state index contributed by atoms with van der Waals surface area (Å²) in [4.78, 5) is 32.8. The van der Waals surface area contributed by atoms with Crippen molar-refractivity contribution in [2.75, 3.05) is 13.2 Å². The number of carboxylic acid groups (broad SMARTS) is 1. The summed E-state index contributed by atoms with van der Waals surface area (Å²) in [6, 6.07) is 9.26. The predicted octanol–water partition coefficient (Wildman–Crippen LogP) is 1.55. The summed E-state index contributed by atoms with van der Waals surface area (Å²) in [6.07, 6.45) is 0.453. The van der Waals surface area contributed by atoms with Crippen molar-refractivity contribution in [1.82, 2.24) is 10.6 Å². The minimum Gasteiger partial charge on any atom is -0.475 e. The molecule has 32 heavy (non-hydrogen) atoms. The number of nitrogens with one attached hydrogen (secondary N) is 2. The molecule has 11 heteroatoms. The van der Waals surface area contributed by atoms with Crippen LogP contribution in [0.2, 0.25) is 0 Å². The lowest BCUT2D eigenvalue weighted by molar-refractivity contribution is -0.192. The first-order valence-electron chi connectivity index (χ1n) is 9.95. The standard InChI is InChI=1S/C19H27N3O3.C2HF3O2/c1-14(20)19(24)22-16(8-7-15-5-3-2-4-6-15)9-10-18(23)21-17-11-12-25-13-17;3-2(4,5)1(6)7/h2-6,9-10,14,16-17H,7-8,11-13,20H2,1H3,(H,21,23)(H,22,24);(H,6,7)/t14-,16-,17?;/m0./s1. The molecule has 2 amide bonds. The molecule has 0 saturated carbocycles. The molecule has 0 radical (unpaired) electrons. The summed E-state index contributed by atoms with van der Waals surface area (Å²) in [5.74, 6) is -3.16. The highest BCUT2D eigenvalue weighted by molar-refractivity contribution is 5.88. The van der Waals surface area contributed by atoms with Gasteiger partial charge in [0, 0.05) is 18.7 Å². The number of nitrogens with two attached hydrogens (primary N) is 1. The Hall–Kier alpha value is -2.92. The van der Waals surface area contributed by atoms with Crippen molar-refractivity contribution in [3.63, 3.8) is 0 Å². The van der Waals surface area contributed by atoms with Crippen molar-refractivity contribution in [3.8, 4) is 0 Å². The van der Waals surface area contributed by atoms with Gasteiger partial charge in [-0.25, -0.2) is 4.79 Å². The van der Waals surface area contributed by atoms with E-state index in [1.165, 1.54) is 11.6 Å². The number of halogens is 3. The fourth-order valence-electron chi connectivity index (χ4n) is 2.60. The number of hydrogen-bond acceptors (Lipinski definition) is 5. The smallest absolute Gasteiger partial charge is 0.475 e. The third kappa shape index (κ3) is 11.5. The fraction of sp³-hybridized carbons (Fsp3) is 0.476. The Morgan fingerprint density at radius 3 is 2.41 bits per heavy atom. The molecule has 1 aromatic carbocycles. The first-order chi connectivity index (χ1) is 15.0. The van der Waals surface area contributed by atoms with E-state index in [0.29, 0.717) is 19.6 Å². The molecule has 0 spiro atoms. The van der Waals surface area contributed by atoms with E-state index >= 15 is 0 Å². The third-order valence-electron chi connectivity index (χ3n) is 4.33. The van der Waals surface area contributed by atoms with Crippen LogP contribution in [0.15, 0.2) is 42.5 Å². The molecule has 0 aliphatic carbocycles. The van der Waals surface area contributed by atoms with Gasteiger partial charge in [0.05, 0.1) is 18.7 Å². The van der Waals surface area contributed by atoms with Gasteiger partial charge in [0.15, 0.2) is 0 Å². The van der Waals surface area contributed by atoms with E-state index in [4.69, 9.17) is 20.4 Å². The van der Waals surface area contributed by atoms with Crippen LogP contribution in [0.1, 0.15) is 25.3 Å². The van der Waals surface area contributed by atoms with Gasteiger partial charge in [-0.3, -0.25) is 9.59 Å². The fourth-order valence-corrected chi connectivity index (χ4v) is 2.60. The van der Waals surface area contributed by atoms with Crippen molar-refractivity contribution in [1.29, 1.82) is 0 Å². The van der Waals surface area contributed by atoms with E-state index in [2.05, 4.69) is 10.6 Å². The molecule has 5 N–H and O–H groups in total. The topological polar surface area (TPSA) is 131 Å². The van der Waals surface area contributed by atoms with Crippen molar-refractivity contribution < 1.29 is 37.4 Å². The summed E-state index contributed by atoms with van der Waals surface area (Å²) in [7, 11) is 0. The Kier molecular flexibility index (Phi) is 11.4. The number of alkyl halides is 3. The Balaban J connectivity index is 0.000000633. The number of benzene rings is 1.